The van der Waals surface area contributed by atoms with Crippen LogP contribution in [0.15, 0.2) is 30.3 Å². The second-order valence-electron chi connectivity index (χ2n) is 14.6. The Morgan fingerprint density at radius 3 is 1.00 bits per heavy atom. The number of hydrogen-bond donors (Lipinski definition) is 1. The van der Waals surface area contributed by atoms with Crippen LogP contribution >= 0.6 is 0 Å². The van der Waals surface area contributed by atoms with Crippen LogP contribution in [0.1, 0.15) is 25.3 Å². The van der Waals surface area contributed by atoms with Gasteiger partial charge in [-0.1, -0.05) is 43.7 Å². The Morgan fingerprint density at radius 2 is 0.810 bits per heavy atom. The van der Waals surface area contributed by atoms with Crippen molar-refractivity contribution in [1.29, 1.82) is 0 Å². The molecule has 1 rings (SSSR count). The van der Waals surface area contributed by atoms with E-state index in [1.807, 2.05) is 30.3 Å². The van der Waals surface area contributed by atoms with Crippen LogP contribution in [0.4, 0.5) is 48.3 Å². The normalized spacial score (nSPS) is 10.7. The molecule has 0 saturated carbocycles. The molecule has 0 aliphatic rings. The van der Waals surface area contributed by atoms with E-state index in [-0.39, 0.29) is 46.8 Å². The average molecular weight is 1190 g/mol. The van der Waals surface area contributed by atoms with E-state index >= 15 is 0 Å². The van der Waals surface area contributed by atoms with Crippen molar-refractivity contribution in [2.75, 3.05) is 171 Å². The highest BCUT2D eigenvalue weighted by atomic mass is 19.4. The van der Waals surface area contributed by atoms with Crippen LogP contribution < -0.4 is 25.5 Å². The standard InChI is InChI=1S/C8H10O.C6H3F11O.C6H16NO.C5H12O3.C5H12O.5C3H6O3/c1-9-7-8-5-3-2-4-6-8;1-18-6(16,17)4(11,12)2(7,8)3(9,10)5(13,14)15;1-7(2,3)5-6-8-4;1-7-4-5-8-3-2-6;1-3-4-5-6-2;5*1-6-2-3(4)5/h2-6H,7H2,1H3;1H3;5-6H2,1-4H3;6H,2-5H2,1H3;3-5H2,1-2H3;5*2H2,1H3,(H,4,5)/q;;+1;;;;;;;/p-5. The second-order valence-corrected chi connectivity index (χ2v) is 14.6. The van der Waals surface area contributed by atoms with Crippen LogP contribution in [-0.2, 0) is 82.7 Å². The van der Waals surface area contributed by atoms with Gasteiger partial charge in [0.25, 0.3) is 0 Å². The Bertz CT molecular complexity index is 1430. The zero-order chi connectivity index (χ0) is 64.4. The smallest absolute Gasteiger partial charge is 0.460 e. The van der Waals surface area contributed by atoms with Crippen molar-refractivity contribution in [3.05, 3.63) is 35.9 Å². The van der Waals surface area contributed by atoms with Gasteiger partial charge in [0.15, 0.2) is 0 Å². The number of quaternary nitrogens is 1. The lowest BCUT2D eigenvalue weighted by atomic mass is 10.0. The predicted octanol–water partition coefficient (Wildman–Crippen LogP) is -1.15. The molecule has 0 bridgehead atoms. The number of carboxylic acid groups (broad SMARTS) is 5. The molecule has 0 atom stereocenters. The molecule has 0 amide bonds. The molecule has 0 fully saturated rings. The number of benzene rings is 1. The number of nitrogens with zero attached hydrogens (tertiary/aromatic N) is 1. The van der Waals surface area contributed by atoms with Gasteiger partial charge in [-0.15, -0.1) is 0 Å². The lowest BCUT2D eigenvalue weighted by Crippen LogP contribution is -2.66. The number of hydrogen-bond acceptors (Lipinski definition) is 22. The largest absolute Gasteiger partial charge is 0.548 e. The monoisotopic (exact) mass is 1190 g/mol. The Morgan fingerprint density at radius 1 is 0.468 bits per heavy atom. The maximum atomic E-state index is 12.4. The molecule has 1 N–H and O–H groups in total. The topological polar surface area (TPSA) is 322 Å². The summed E-state index contributed by atoms with van der Waals surface area (Å²) in [6.07, 6.45) is -10.9. The minimum atomic E-state index is -7.41. The molecule has 1 aromatic rings. The van der Waals surface area contributed by atoms with E-state index in [9.17, 15) is 97.8 Å². The molecule has 0 aromatic heterocycles. The molecule has 23 nitrogen and oxygen atoms in total. The number of aliphatic carboxylic acids is 5. The third kappa shape index (κ3) is 69.3. The van der Waals surface area contributed by atoms with E-state index in [1.54, 1.807) is 28.4 Å². The predicted molar refractivity (Wildman–Crippen MR) is 246 cm³/mol. The summed E-state index contributed by atoms with van der Waals surface area (Å²) in [5.41, 5.74) is 1.22. The van der Waals surface area contributed by atoms with Crippen molar-refractivity contribution in [2.24, 2.45) is 0 Å². The molecule has 1 aromatic carbocycles. The molecule has 79 heavy (non-hydrogen) atoms. The summed E-state index contributed by atoms with van der Waals surface area (Å²) in [5, 5.41) is 55.0. The van der Waals surface area contributed by atoms with Gasteiger partial charge in [0, 0.05) is 77.7 Å². The van der Waals surface area contributed by atoms with Gasteiger partial charge < -0.3 is 111 Å². The number of likely N-dealkylation sites (N-methyl/N-ethyl adjacent to an activating group) is 1. The maximum Gasteiger partial charge on any atom is 0.460 e. The van der Waals surface area contributed by atoms with Crippen molar-refractivity contribution in [3.8, 4) is 0 Å². The van der Waals surface area contributed by atoms with Gasteiger partial charge in [0.2, 0.25) is 0 Å². The minimum Gasteiger partial charge on any atom is -0.548 e. The fraction of sp³-hybridized carbons (Fsp3) is 0.756. The van der Waals surface area contributed by atoms with E-state index in [4.69, 9.17) is 24.1 Å². The van der Waals surface area contributed by atoms with E-state index in [1.165, 1.54) is 54.0 Å². The Labute approximate surface area is 452 Å². The summed E-state index contributed by atoms with van der Waals surface area (Å²) >= 11 is 0. The Kier molecular flexibility index (Phi) is 70.4. The number of ether oxygens (including phenoxy) is 11. The average Bonchev–Trinajstić information content (AvgIpc) is 3.33. The number of alkyl halides is 11. The number of carbonyl (C=O) groups is 5. The zero-order valence-electron chi connectivity index (χ0n) is 46.6. The van der Waals surface area contributed by atoms with Gasteiger partial charge in [0.1, 0.15) is 6.54 Å². The van der Waals surface area contributed by atoms with Crippen LogP contribution in [0.25, 0.3) is 0 Å². The lowest BCUT2D eigenvalue weighted by molar-refractivity contribution is -0.870. The van der Waals surface area contributed by atoms with Crippen LogP contribution in [0.5, 0.6) is 0 Å². The lowest BCUT2D eigenvalue weighted by Gasteiger charge is -2.36. The first-order valence-corrected chi connectivity index (χ1v) is 21.8. The highest BCUT2D eigenvalue weighted by Gasteiger charge is 2.87. The highest BCUT2D eigenvalue weighted by molar-refractivity contribution is 5.66. The molecule has 0 radical (unpaired) electrons. The quantitative estimate of drug-likeness (QED) is 0.0618. The molecule has 0 aliphatic carbocycles. The van der Waals surface area contributed by atoms with Gasteiger partial charge in [-0.3, -0.25) is 0 Å². The fourth-order valence-electron chi connectivity index (χ4n) is 2.98. The summed E-state index contributed by atoms with van der Waals surface area (Å²) in [6, 6.07) is 10.1. The van der Waals surface area contributed by atoms with Crippen molar-refractivity contribution in [3.63, 3.8) is 0 Å². The van der Waals surface area contributed by atoms with Crippen LogP contribution in [0.2, 0.25) is 0 Å². The van der Waals surface area contributed by atoms with Gasteiger partial charge in [0.05, 0.1) is 124 Å². The molecule has 0 saturated heterocycles. The molecule has 0 aliphatic heterocycles. The molecule has 0 unspecified atom stereocenters. The second kappa shape index (κ2) is 59.4. The highest BCUT2D eigenvalue weighted by Crippen LogP contribution is 2.57. The Hall–Kier alpha value is -4.72. The summed E-state index contributed by atoms with van der Waals surface area (Å²) in [4.78, 5) is 46.8. The van der Waals surface area contributed by atoms with Gasteiger partial charge in [-0.05, 0) is 12.0 Å². The summed E-state index contributed by atoms with van der Waals surface area (Å²) in [7, 11) is 19.5. The van der Waals surface area contributed by atoms with Crippen LogP contribution in [0.3, 0.4) is 0 Å². The van der Waals surface area contributed by atoms with E-state index < -0.39 is 59.9 Å². The summed E-state index contributed by atoms with van der Waals surface area (Å²) in [6.45, 7) is 5.76. The molecule has 0 heterocycles. The number of rotatable bonds is 27. The first-order valence-electron chi connectivity index (χ1n) is 21.8. The van der Waals surface area contributed by atoms with Crippen molar-refractivity contribution in [2.45, 2.75) is 56.4 Å². The molecule has 0 spiro atoms. The van der Waals surface area contributed by atoms with Crippen molar-refractivity contribution in [1.82, 2.24) is 0 Å². The molecular formula is C45H78F11NO22-4. The fourth-order valence-corrected chi connectivity index (χ4v) is 2.98. The van der Waals surface area contributed by atoms with Gasteiger partial charge in [-0.2, -0.15) is 48.3 Å². The number of carboxylic acids is 5. The van der Waals surface area contributed by atoms with Crippen LogP contribution in [0, 0.1) is 0 Å². The summed E-state index contributed by atoms with van der Waals surface area (Å²) < 4.78 is 181. The zero-order valence-corrected chi connectivity index (χ0v) is 46.6. The van der Waals surface area contributed by atoms with Gasteiger partial charge in [-0.25, -0.2) is 0 Å². The third-order valence-electron chi connectivity index (χ3n) is 6.57. The summed E-state index contributed by atoms with van der Waals surface area (Å²) in [5.74, 6) is -27.8. The maximum absolute atomic E-state index is 12.4. The first-order chi connectivity index (χ1) is 36.2. The number of aliphatic hydroxyl groups excluding tert-OH is 1. The number of methoxy groups -OCH3 is 10. The minimum absolute atomic E-state index is 0.0870. The van der Waals surface area contributed by atoms with E-state index in [0.717, 1.165) is 24.2 Å². The SMILES string of the molecule is CCCCOC.COC(F)(F)C(F)(F)C(F)(F)C(F)(F)C(F)(F)F.COCC(=O)[O-].COCC(=O)[O-].COCC(=O)[O-].COCC(=O)[O-].COCC(=O)[O-].COCCOCCO.COCC[N+](C)(C)C.COCc1ccccc1. The molecule has 34 heteroatoms. The van der Waals surface area contributed by atoms with Crippen LogP contribution in [-0.4, -0.2) is 241 Å². The Balaban J connectivity index is -0.000000102. The van der Waals surface area contributed by atoms with E-state index in [2.05, 4.69) is 61.2 Å². The number of unbranched alkanes of at least 4 members (excludes halogenated alkanes) is 1. The molecule has 476 valence electrons. The number of aliphatic hydroxyl groups is 1. The van der Waals surface area contributed by atoms with Crippen molar-refractivity contribution < 1.29 is 159 Å². The van der Waals surface area contributed by atoms with E-state index in [0.29, 0.717) is 26.4 Å². The number of carbonyl (C=O) groups excluding carboxylic acids is 5. The van der Waals surface area contributed by atoms with Gasteiger partial charge >= 0.3 is 30.1 Å². The molecular weight excluding hydrogens is 1120 g/mol. The third-order valence-corrected chi connectivity index (χ3v) is 6.57. The first kappa shape index (κ1) is 93.6. The van der Waals surface area contributed by atoms with Crippen molar-refractivity contribution >= 4 is 29.8 Å². The number of halogens is 11.